The highest BCUT2D eigenvalue weighted by atomic mass is 35.5. The summed E-state index contributed by atoms with van der Waals surface area (Å²) in [7, 11) is 0. The van der Waals surface area contributed by atoms with Crippen molar-refractivity contribution >= 4 is 23.4 Å². The molecule has 0 fully saturated rings. The van der Waals surface area contributed by atoms with Gasteiger partial charge in [0.2, 0.25) is 0 Å². The third kappa shape index (κ3) is 3.22. The average molecular weight is 280 g/mol. The monoisotopic (exact) mass is 279 g/mol. The van der Waals surface area contributed by atoms with Crippen molar-refractivity contribution in [2.75, 3.05) is 0 Å². The van der Waals surface area contributed by atoms with Crippen molar-refractivity contribution in [3.63, 3.8) is 0 Å². The first-order chi connectivity index (χ1) is 8.56. The van der Waals surface area contributed by atoms with Crippen molar-refractivity contribution in [1.82, 2.24) is 9.97 Å². The minimum Gasteiger partial charge on any atom is -0.324 e. The molecule has 18 heavy (non-hydrogen) atoms. The van der Waals surface area contributed by atoms with Gasteiger partial charge in [-0.25, -0.2) is 9.97 Å². The Balaban J connectivity index is 2.24. The summed E-state index contributed by atoms with van der Waals surface area (Å²) >= 11 is 7.69. The van der Waals surface area contributed by atoms with Crippen LogP contribution >= 0.6 is 23.4 Å². The molecule has 0 saturated heterocycles. The SMILES string of the molecule is Cc1ccnc(Sc2ccc([C@H](C)N)cc2Cl)n1. The van der Waals surface area contributed by atoms with Crippen LogP contribution in [-0.4, -0.2) is 9.97 Å². The second kappa shape index (κ2) is 5.69. The molecule has 2 rings (SSSR count). The second-order valence-electron chi connectivity index (χ2n) is 4.06. The van der Waals surface area contributed by atoms with Gasteiger partial charge in [0.25, 0.3) is 0 Å². The zero-order valence-corrected chi connectivity index (χ0v) is 11.8. The molecule has 0 saturated carbocycles. The Labute approximate surface area is 116 Å². The highest BCUT2D eigenvalue weighted by Crippen LogP contribution is 2.32. The van der Waals surface area contributed by atoms with Gasteiger partial charge >= 0.3 is 0 Å². The lowest BCUT2D eigenvalue weighted by molar-refractivity contribution is 0.817. The van der Waals surface area contributed by atoms with Crippen LogP contribution in [0.4, 0.5) is 0 Å². The Morgan fingerprint density at radius 1 is 1.33 bits per heavy atom. The third-order valence-electron chi connectivity index (χ3n) is 2.46. The lowest BCUT2D eigenvalue weighted by Gasteiger charge is -2.08. The first kappa shape index (κ1) is 13.3. The van der Waals surface area contributed by atoms with E-state index >= 15 is 0 Å². The maximum atomic E-state index is 6.23. The van der Waals surface area contributed by atoms with Gasteiger partial charge in [-0.1, -0.05) is 17.7 Å². The number of hydrogen-bond donors (Lipinski definition) is 1. The van der Waals surface area contributed by atoms with Crippen molar-refractivity contribution in [2.45, 2.75) is 29.9 Å². The summed E-state index contributed by atoms with van der Waals surface area (Å²) in [5.41, 5.74) is 7.78. The van der Waals surface area contributed by atoms with Crippen LogP contribution in [-0.2, 0) is 0 Å². The molecular weight excluding hydrogens is 266 g/mol. The first-order valence-corrected chi connectivity index (χ1v) is 6.78. The normalized spacial score (nSPS) is 12.4. The summed E-state index contributed by atoms with van der Waals surface area (Å²) < 4.78 is 0. The van der Waals surface area contributed by atoms with E-state index in [-0.39, 0.29) is 6.04 Å². The summed E-state index contributed by atoms with van der Waals surface area (Å²) in [6.45, 7) is 3.87. The van der Waals surface area contributed by atoms with Crippen molar-refractivity contribution < 1.29 is 0 Å². The number of benzene rings is 1. The van der Waals surface area contributed by atoms with E-state index in [1.807, 2.05) is 38.1 Å². The number of aryl methyl sites for hydroxylation is 1. The molecular formula is C13H14ClN3S. The van der Waals surface area contributed by atoms with Gasteiger partial charge in [0.15, 0.2) is 5.16 Å². The van der Waals surface area contributed by atoms with Gasteiger partial charge in [0.1, 0.15) is 0 Å². The average Bonchev–Trinajstić information content (AvgIpc) is 2.31. The van der Waals surface area contributed by atoms with Crippen molar-refractivity contribution in [3.05, 3.63) is 46.7 Å². The molecule has 3 nitrogen and oxygen atoms in total. The number of nitrogens with two attached hydrogens (primary N) is 1. The molecule has 0 amide bonds. The van der Waals surface area contributed by atoms with Crippen LogP contribution < -0.4 is 5.73 Å². The van der Waals surface area contributed by atoms with Gasteiger partial charge in [-0.05, 0) is 49.4 Å². The summed E-state index contributed by atoms with van der Waals surface area (Å²) in [4.78, 5) is 9.47. The number of rotatable bonds is 3. The zero-order chi connectivity index (χ0) is 13.1. The van der Waals surface area contributed by atoms with E-state index in [0.717, 1.165) is 16.2 Å². The number of aromatic nitrogens is 2. The number of hydrogen-bond acceptors (Lipinski definition) is 4. The highest BCUT2D eigenvalue weighted by molar-refractivity contribution is 7.99. The topological polar surface area (TPSA) is 51.8 Å². The van der Waals surface area contributed by atoms with Crippen LogP contribution in [0.15, 0.2) is 40.5 Å². The molecule has 0 spiro atoms. The predicted octanol–water partition coefficient (Wildman–Crippen LogP) is 3.61. The highest BCUT2D eigenvalue weighted by Gasteiger charge is 2.08. The fraction of sp³-hybridized carbons (Fsp3) is 0.231. The molecule has 1 atom stereocenters. The van der Waals surface area contributed by atoms with E-state index in [9.17, 15) is 0 Å². The van der Waals surface area contributed by atoms with Crippen LogP contribution in [0.25, 0.3) is 0 Å². The Kier molecular flexibility index (Phi) is 4.22. The molecule has 1 aromatic heterocycles. The standard InChI is InChI=1S/C13H14ClN3S/c1-8-5-6-16-13(17-8)18-12-4-3-10(9(2)15)7-11(12)14/h3-7,9H,15H2,1-2H3/t9-/m0/s1. The quantitative estimate of drug-likeness (QED) is 0.872. The van der Waals surface area contributed by atoms with E-state index < -0.39 is 0 Å². The molecule has 0 radical (unpaired) electrons. The zero-order valence-electron chi connectivity index (χ0n) is 10.2. The van der Waals surface area contributed by atoms with Gasteiger partial charge in [-0.3, -0.25) is 0 Å². The molecule has 2 N–H and O–H groups in total. The van der Waals surface area contributed by atoms with Gasteiger partial charge in [-0.15, -0.1) is 0 Å². The van der Waals surface area contributed by atoms with Crippen molar-refractivity contribution in [2.24, 2.45) is 5.73 Å². The Morgan fingerprint density at radius 2 is 2.11 bits per heavy atom. The molecule has 5 heteroatoms. The minimum absolute atomic E-state index is 0.0169. The first-order valence-electron chi connectivity index (χ1n) is 5.59. The number of halogens is 1. The molecule has 0 bridgehead atoms. The van der Waals surface area contributed by atoms with E-state index in [2.05, 4.69) is 9.97 Å². The predicted molar refractivity (Wildman–Crippen MR) is 74.9 cm³/mol. The largest absolute Gasteiger partial charge is 0.324 e. The van der Waals surface area contributed by atoms with E-state index in [1.54, 1.807) is 6.20 Å². The second-order valence-corrected chi connectivity index (χ2v) is 5.48. The van der Waals surface area contributed by atoms with Gasteiger partial charge < -0.3 is 5.73 Å². The van der Waals surface area contributed by atoms with Crippen LogP contribution in [0.2, 0.25) is 5.02 Å². The minimum atomic E-state index is -0.0169. The van der Waals surface area contributed by atoms with E-state index in [4.69, 9.17) is 17.3 Å². The fourth-order valence-electron chi connectivity index (χ4n) is 1.46. The Bertz CT molecular complexity index is 558. The van der Waals surface area contributed by atoms with Crippen LogP contribution in [0.3, 0.4) is 0 Å². The van der Waals surface area contributed by atoms with Gasteiger partial charge in [-0.2, -0.15) is 0 Å². The van der Waals surface area contributed by atoms with Gasteiger partial charge in [0, 0.05) is 22.8 Å². The van der Waals surface area contributed by atoms with Crippen molar-refractivity contribution in [3.8, 4) is 0 Å². The van der Waals surface area contributed by atoms with Crippen molar-refractivity contribution in [1.29, 1.82) is 0 Å². The summed E-state index contributed by atoms with van der Waals surface area (Å²) in [6.07, 6.45) is 1.74. The summed E-state index contributed by atoms with van der Waals surface area (Å²) in [5.74, 6) is 0. The third-order valence-corrected chi connectivity index (χ3v) is 3.84. The lowest BCUT2D eigenvalue weighted by Crippen LogP contribution is -2.04. The summed E-state index contributed by atoms with van der Waals surface area (Å²) in [5, 5.41) is 1.38. The molecule has 0 aliphatic rings. The Morgan fingerprint density at radius 3 is 2.72 bits per heavy atom. The van der Waals surface area contributed by atoms with Crippen LogP contribution in [0.1, 0.15) is 24.2 Å². The number of nitrogens with zero attached hydrogens (tertiary/aromatic N) is 2. The smallest absolute Gasteiger partial charge is 0.192 e. The molecule has 1 heterocycles. The molecule has 1 aromatic carbocycles. The van der Waals surface area contributed by atoms with E-state index in [1.165, 1.54) is 11.8 Å². The van der Waals surface area contributed by atoms with Crippen LogP contribution in [0, 0.1) is 6.92 Å². The lowest BCUT2D eigenvalue weighted by atomic mass is 10.1. The van der Waals surface area contributed by atoms with Gasteiger partial charge in [0.05, 0.1) is 5.02 Å². The molecule has 94 valence electrons. The maximum absolute atomic E-state index is 6.23. The molecule has 0 unspecified atom stereocenters. The summed E-state index contributed by atoms with van der Waals surface area (Å²) in [6, 6.07) is 7.68. The molecule has 2 aromatic rings. The molecule has 0 aliphatic heterocycles. The fourth-order valence-corrected chi connectivity index (χ4v) is 2.55. The van der Waals surface area contributed by atoms with E-state index in [0.29, 0.717) is 10.2 Å². The maximum Gasteiger partial charge on any atom is 0.192 e. The van der Waals surface area contributed by atoms with Crippen LogP contribution in [0.5, 0.6) is 0 Å². The Hall–Kier alpha value is -1.10. The molecule has 0 aliphatic carbocycles.